The molecule has 1 N–H and O–H groups in total. The summed E-state index contributed by atoms with van der Waals surface area (Å²) in [7, 11) is 2.14. The molecule has 1 aliphatic heterocycles. The smallest absolute Gasteiger partial charge is 0.0700 e. The van der Waals surface area contributed by atoms with Crippen molar-refractivity contribution in [3.8, 4) is 0 Å². The van der Waals surface area contributed by atoms with Gasteiger partial charge in [0.2, 0.25) is 0 Å². The van der Waals surface area contributed by atoms with Gasteiger partial charge in [-0.2, -0.15) is 0 Å². The van der Waals surface area contributed by atoms with E-state index < -0.39 is 5.60 Å². The average molecular weight is 185 g/mol. The maximum atomic E-state index is 10.4. The minimum absolute atomic E-state index is 0.402. The van der Waals surface area contributed by atoms with E-state index >= 15 is 0 Å². The second-order valence-electron chi connectivity index (χ2n) is 4.70. The SMILES string of the molecule is CCC(C)C1(O)CCN(C)C(C)C1. The molecule has 78 valence electrons. The van der Waals surface area contributed by atoms with Gasteiger partial charge in [0.1, 0.15) is 0 Å². The third kappa shape index (κ3) is 2.23. The van der Waals surface area contributed by atoms with Crippen LogP contribution in [-0.4, -0.2) is 35.2 Å². The van der Waals surface area contributed by atoms with Crippen LogP contribution in [0.25, 0.3) is 0 Å². The van der Waals surface area contributed by atoms with Crippen molar-refractivity contribution in [2.75, 3.05) is 13.6 Å². The fourth-order valence-corrected chi connectivity index (χ4v) is 2.19. The lowest BCUT2D eigenvalue weighted by Crippen LogP contribution is -2.50. The molecule has 0 aromatic rings. The maximum Gasteiger partial charge on any atom is 0.0700 e. The fraction of sp³-hybridized carbons (Fsp3) is 1.00. The number of hydrogen-bond donors (Lipinski definition) is 1. The van der Waals surface area contributed by atoms with Crippen molar-refractivity contribution >= 4 is 0 Å². The summed E-state index contributed by atoms with van der Waals surface area (Å²) in [5.74, 6) is 0.434. The van der Waals surface area contributed by atoms with Crippen LogP contribution >= 0.6 is 0 Å². The molecule has 2 nitrogen and oxygen atoms in total. The van der Waals surface area contributed by atoms with Crippen molar-refractivity contribution in [2.45, 2.75) is 51.7 Å². The molecule has 1 saturated heterocycles. The van der Waals surface area contributed by atoms with Crippen LogP contribution in [0, 0.1) is 5.92 Å². The Kier molecular flexibility index (Phi) is 3.36. The second kappa shape index (κ2) is 3.97. The van der Waals surface area contributed by atoms with Gasteiger partial charge in [-0.1, -0.05) is 20.3 Å². The third-order valence-electron chi connectivity index (χ3n) is 3.83. The zero-order chi connectivity index (χ0) is 10.1. The number of rotatable bonds is 2. The van der Waals surface area contributed by atoms with Crippen molar-refractivity contribution in [1.82, 2.24) is 4.90 Å². The van der Waals surface area contributed by atoms with Crippen LogP contribution in [-0.2, 0) is 0 Å². The minimum atomic E-state index is -0.402. The van der Waals surface area contributed by atoms with E-state index in [1.54, 1.807) is 0 Å². The van der Waals surface area contributed by atoms with E-state index in [0.717, 1.165) is 25.8 Å². The van der Waals surface area contributed by atoms with Crippen molar-refractivity contribution in [2.24, 2.45) is 5.92 Å². The first-order valence-corrected chi connectivity index (χ1v) is 5.42. The lowest BCUT2D eigenvalue weighted by Gasteiger charge is -2.44. The first kappa shape index (κ1) is 11.0. The van der Waals surface area contributed by atoms with Gasteiger partial charge in [-0.15, -0.1) is 0 Å². The zero-order valence-electron chi connectivity index (χ0n) is 9.38. The van der Waals surface area contributed by atoms with E-state index in [9.17, 15) is 5.11 Å². The van der Waals surface area contributed by atoms with Crippen LogP contribution in [0.5, 0.6) is 0 Å². The first-order valence-electron chi connectivity index (χ1n) is 5.42. The Bertz CT molecular complexity index is 171. The molecule has 0 amide bonds. The van der Waals surface area contributed by atoms with Crippen LogP contribution in [0.4, 0.5) is 0 Å². The third-order valence-corrected chi connectivity index (χ3v) is 3.83. The molecule has 0 aromatic heterocycles. The van der Waals surface area contributed by atoms with E-state index in [2.05, 4.69) is 32.7 Å². The molecule has 0 bridgehead atoms. The van der Waals surface area contributed by atoms with Crippen molar-refractivity contribution in [1.29, 1.82) is 0 Å². The van der Waals surface area contributed by atoms with E-state index in [-0.39, 0.29) is 0 Å². The maximum absolute atomic E-state index is 10.4. The number of hydrogen-bond acceptors (Lipinski definition) is 2. The molecular weight excluding hydrogens is 162 g/mol. The molecule has 2 heteroatoms. The number of aliphatic hydroxyl groups is 1. The molecule has 13 heavy (non-hydrogen) atoms. The van der Waals surface area contributed by atoms with Gasteiger partial charge in [-0.3, -0.25) is 0 Å². The Hall–Kier alpha value is -0.0800. The molecule has 3 unspecified atom stereocenters. The molecule has 0 aliphatic carbocycles. The van der Waals surface area contributed by atoms with E-state index in [0.29, 0.717) is 12.0 Å². The van der Waals surface area contributed by atoms with Crippen LogP contribution in [0.2, 0.25) is 0 Å². The summed E-state index contributed by atoms with van der Waals surface area (Å²) in [6.07, 6.45) is 2.94. The van der Waals surface area contributed by atoms with Crippen LogP contribution in [0.3, 0.4) is 0 Å². The minimum Gasteiger partial charge on any atom is -0.390 e. The van der Waals surface area contributed by atoms with E-state index in [1.807, 2.05) is 0 Å². The Labute approximate surface area is 81.9 Å². The number of nitrogens with zero attached hydrogens (tertiary/aromatic N) is 1. The topological polar surface area (TPSA) is 23.5 Å². The van der Waals surface area contributed by atoms with Gasteiger partial charge in [-0.25, -0.2) is 0 Å². The van der Waals surface area contributed by atoms with Crippen molar-refractivity contribution < 1.29 is 5.11 Å². The summed E-state index contributed by atoms with van der Waals surface area (Å²) < 4.78 is 0. The zero-order valence-corrected chi connectivity index (χ0v) is 9.38. The van der Waals surface area contributed by atoms with E-state index in [1.165, 1.54) is 0 Å². The highest BCUT2D eigenvalue weighted by Crippen LogP contribution is 2.33. The molecule has 0 spiro atoms. The Morgan fingerprint density at radius 1 is 1.62 bits per heavy atom. The van der Waals surface area contributed by atoms with Crippen LogP contribution in [0.1, 0.15) is 40.0 Å². The summed E-state index contributed by atoms with van der Waals surface area (Å²) in [5, 5.41) is 10.4. The summed E-state index contributed by atoms with van der Waals surface area (Å²) in [6, 6.07) is 0.521. The normalized spacial score (nSPS) is 39.0. The van der Waals surface area contributed by atoms with Crippen LogP contribution in [0.15, 0.2) is 0 Å². The Balaban J connectivity index is 2.61. The monoisotopic (exact) mass is 185 g/mol. The predicted octanol–water partition coefficient (Wildman–Crippen LogP) is 1.88. The fourth-order valence-electron chi connectivity index (χ4n) is 2.19. The van der Waals surface area contributed by atoms with Gasteiger partial charge >= 0.3 is 0 Å². The lowest BCUT2D eigenvalue weighted by atomic mass is 9.77. The van der Waals surface area contributed by atoms with Crippen molar-refractivity contribution in [3.05, 3.63) is 0 Å². The van der Waals surface area contributed by atoms with E-state index in [4.69, 9.17) is 0 Å². The molecule has 0 saturated carbocycles. The summed E-state index contributed by atoms with van der Waals surface area (Å²) in [4.78, 5) is 2.33. The molecule has 0 radical (unpaired) electrons. The number of likely N-dealkylation sites (tertiary alicyclic amines) is 1. The lowest BCUT2D eigenvalue weighted by molar-refractivity contribution is -0.0750. The van der Waals surface area contributed by atoms with Gasteiger partial charge in [0.25, 0.3) is 0 Å². The standard InChI is InChI=1S/C11H23NO/c1-5-9(2)11(13)6-7-12(4)10(3)8-11/h9-10,13H,5-8H2,1-4H3. The second-order valence-corrected chi connectivity index (χ2v) is 4.70. The van der Waals surface area contributed by atoms with Gasteiger partial charge < -0.3 is 10.0 Å². The largest absolute Gasteiger partial charge is 0.390 e. The summed E-state index contributed by atoms with van der Waals surface area (Å²) in [6.45, 7) is 7.55. The first-order chi connectivity index (χ1) is 5.99. The molecular formula is C11H23NO. The average Bonchev–Trinajstić information content (AvgIpc) is 2.11. The predicted molar refractivity (Wildman–Crippen MR) is 55.7 cm³/mol. The summed E-state index contributed by atoms with van der Waals surface area (Å²) >= 11 is 0. The molecule has 3 atom stereocenters. The molecule has 1 fully saturated rings. The molecule has 1 heterocycles. The molecule has 0 aromatic carbocycles. The quantitative estimate of drug-likeness (QED) is 0.710. The van der Waals surface area contributed by atoms with Crippen LogP contribution < -0.4 is 0 Å². The van der Waals surface area contributed by atoms with Gasteiger partial charge in [0.05, 0.1) is 5.60 Å². The highest BCUT2D eigenvalue weighted by molar-refractivity contribution is 4.92. The molecule has 1 aliphatic rings. The van der Waals surface area contributed by atoms with Gasteiger partial charge in [0, 0.05) is 12.6 Å². The summed E-state index contributed by atoms with van der Waals surface area (Å²) in [5.41, 5.74) is -0.402. The highest BCUT2D eigenvalue weighted by Gasteiger charge is 2.38. The highest BCUT2D eigenvalue weighted by atomic mass is 16.3. The Morgan fingerprint density at radius 2 is 2.23 bits per heavy atom. The number of piperidine rings is 1. The molecule has 1 rings (SSSR count). The van der Waals surface area contributed by atoms with Gasteiger partial charge in [-0.05, 0) is 32.7 Å². The Morgan fingerprint density at radius 3 is 2.69 bits per heavy atom. The van der Waals surface area contributed by atoms with Gasteiger partial charge in [0.15, 0.2) is 0 Å². The van der Waals surface area contributed by atoms with Crippen molar-refractivity contribution in [3.63, 3.8) is 0 Å².